The average molecular weight is 184 g/mol. The molecular formula is C11H24N2. The molecule has 0 aromatic heterocycles. The van der Waals surface area contributed by atoms with E-state index in [2.05, 4.69) is 18.7 Å². The maximum Gasteiger partial charge on any atom is 0.0246 e. The lowest BCUT2D eigenvalue weighted by molar-refractivity contribution is 0.171. The summed E-state index contributed by atoms with van der Waals surface area (Å²) < 4.78 is 0. The van der Waals surface area contributed by atoms with Gasteiger partial charge < -0.3 is 5.73 Å². The average Bonchev–Trinajstić information content (AvgIpc) is 2.66. The van der Waals surface area contributed by atoms with E-state index in [1.807, 2.05) is 0 Å². The minimum absolute atomic E-state index is 0.650. The van der Waals surface area contributed by atoms with Gasteiger partial charge in [-0.15, -0.1) is 0 Å². The van der Waals surface area contributed by atoms with Gasteiger partial charge in [0.25, 0.3) is 0 Å². The van der Waals surface area contributed by atoms with Crippen LogP contribution < -0.4 is 5.73 Å². The van der Waals surface area contributed by atoms with Crippen LogP contribution >= 0.6 is 0 Å². The highest BCUT2D eigenvalue weighted by atomic mass is 15.2. The Bertz CT molecular complexity index is 124. The van der Waals surface area contributed by atoms with Gasteiger partial charge in [0, 0.05) is 12.6 Å². The first-order valence-corrected chi connectivity index (χ1v) is 5.77. The molecule has 1 fully saturated rings. The van der Waals surface area contributed by atoms with E-state index in [0.29, 0.717) is 6.04 Å². The molecule has 2 N–H and O–H groups in total. The van der Waals surface area contributed by atoms with Crippen molar-refractivity contribution in [3.8, 4) is 0 Å². The summed E-state index contributed by atoms with van der Waals surface area (Å²) in [5, 5.41) is 0. The van der Waals surface area contributed by atoms with E-state index < -0.39 is 0 Å². The number of rotatable bonds is 5. The summed E-state index contributed by atoms with van der Waals surface area (Å²) in [6.45, 7) is 7.96. The van der Waals surface area contributed by atoms with Crippen molar-refractivity contribution >= 4 is 0 Å². The minimum atomic E-state index is 0.650. The summed E-state index contributed by atoms with van der Waals surface area (Å²) in [5.74, 6) is 0.808. The second kappa shape index (κ2) is 5.61. The molecule has 2 nitrogen and oxygen atoms in total. The summed E-state index contributed by atoms with van der Waals surface area (Å²) in [6, 6.07) is 0.650. The lowest BCUT2D eigenvalue weighted by Crippen LogP contribution is -2.43. The van der Waals surface area contributed by atoms with Crippen molar-refractivity contribution in [2.75, 3.05) is 19.6 Å². The molecule has 0 spiro atoms. The molecule has 0 saturated carbocycles. The first-order valence-electron chi connectivity index (χ1n) is 5.77. The predicted molar refractivity (Wildman–Crippen MR) is 57.7 cm³/mol. The Labute approximate surface area is 82.5 Å². The van der Waals surface area contributed by atoms with Gasteiger partial charge in [-0.3, -0.25) is 4.90 Å². The van der Waals surface area contributed by atoms with Crippen LogP contribution in [0.1, 0.15) is 39.5 Å². The molecular weight excluding hydrogens is 160 g/mol. The third-order valence-corrected chi connectivity index (χ3v) is 3.44. The summed E-state index contributed by atoms with van der Waals surface area (Å²) >= 11 is 0. The normalized spacial score (nSPS) is 21.2. The molecule has 1 atom stereocenters. The lowest BCUT2D eigenvalue weighted by Gasteiger charge is -2.32. The van der Waals surface area contributed by atoms with Crippen LogP contribution in [0.5, 0.6) is 0 Å². The molecule has 1 heterocycles. The highest BCUT2D eigenvalue weighted by molar-refractivity contribution is 4.81. The second-order valence-electron chi connectivity index (χ2n) is 4.12. The second-order valence-corrected chi connectivity index (χ2v) is 4.12. The topological polar surface area (TPSA) is 29.3 Å². The number of likely N-dealkylation sites (tertiary alicyclic amines) is 1. The van der Waals surface area contributed by atoms with Crippen molar-refractivity contribution in [1.29, 1.82) is 0 Å². The van der Waals surface area contributed by atoms with E-state index in [4.69, 9.17) is 5.73 Å². The molecule has 0 aliphatic carbocycles. The Balaban J connectivity index is 2.48. The number of nitrogens with zero attached hydrogens (tertiary/aromatic N) is 1. The van der Waals surface area contributed by atoms with E-state index in [0.717, 1.165) is 12.5 Å². The maximum absolute atomic E-state index is 5.86. The molecule has 0 bridgehead atoms. The van der Waals surface area contributed by atoms with Crippen LogP contribution in [-0.2, 0) is 0 Å². The third kappa shape index (κ3) is 2.68. The van der Waals surface area contributed by atoms with Crippen LogP contribution in [0.15, 0.2) is 0 Å². The van der Waals surface area contributed by atoms with Gasteiger partial charge >= 0.3 is 0 Å². The molecule has 1 saturated heterocycles. The number of hydrogen-bond acceptors (Lipinski definition) is 2. The zero-order valence-electron chi connectivity index (χ0n) is 9.13. The van der Waals surface area contributed by atoms with Crippen LogP contribution in [-0.4, -0.2) is 30.6 Å². The molecule has 1 unspecified atom stereocenters. The van der Waals surface area contributed by atoms with Crippen LogP contribution in [0.2, 0.25) is 0 Å². The van der Waals surface area contributed by atoms with Crippen molar-refractivity contribution in [3.05, 3.63) is 0 Å². The largest absolute Gasteiger partial charge is 0.329 e. The Kier molecular flexibility index (Phi) is 4.74. The standard InChI is InChI=1S/C11H24N2/c1-3-10(4-2)11(9-12)13-7-5-6-8-13/h10-11H,3-9,12H2,1-2H3. The molecule has 0 aromatic rings. The predicted octanol–water partition coefficient (Wildman–Crippen LogP) is 1.85. The van der Waals surface area contributed by atoms with Crippen molar-refractivity contribution in [2.45, 2.75) is 45.6 Å². The zero-order valence-corrected chi connectivity index (χ0v) is 9.13. The molecule has 1 aliphatic rings. The highest BCUT2D eigenvalue weighted by Gasteiger charge is 2.25. The smallest absolute Gasteiger partial charge is 0.0246 e. The number of hydrogen-bond donors (Lipinski definition) is 1. The summed E-state index contributed by atoms with van der Waals surface area (Å²) in [6.07, 6.45) is 5.29. The van der Waals surface area contributed by atoms with Gasteiger partial charge in [-0.25, -0.2) is 0 Å². The van der Waals surface area contributed by atoms with Crippen molar-refractivity contribution < 1.29 is 0 Å². The van der Waals surface area contributed by atoms with Gasteiger partial charge in [-0.05, 0) is 31.8 Å². The Morgan fingerprint density at radius 1 is 1.15 bits per heavy atom. The van der Waals surface area contributed by atoms with E-state index in [1.54, 1.807) is 0 Å². The lowest BCUT2D eigenvalue weighted by atomic mass is 9.93. The van der Waals surface area contributed by atoms with Gasteiger partial charge in [-0.2, -0.15) is 0 Å². The fraction of sp³-hybridized carbons (Fsp3) is 1.00. The number of nitrogens with two attached hydrogens (primary N) is 1. The Morgan fingerprint density at radius 2 is 1.69 bits per heavy atom. The quantitative estimate of drug-likeness (QED) is 0.706. The monoisotopic (exact) mass is 184 g/mol. The molecule has 0 radical (unpaired) electrons. The molecule has 78 valence electrons. The van der Waals surface area contributed by atoms with Crippen LogP contribution in [0.4, 0.5) is 0 Å². The Hall–Kier alpha value is -0.0800. The first-order chi connectivity index (χ1) is 6.33. The molecule has 1 rings (SSSR count). The minimum Gasteiger partial charge on any atom is -0.329 e. The van der Waals surface area contributed by atoms with Crippen LogP contribution in [0, 0.1) is 5.92 Å². The van der Waals surface area contributed by atoms with Gasteiger partial charge in [0.1, 0.15) is 0 Å². The zero-order chi connectivity index (χ0) is 9.68. The summed E-state index contributed by atoms with van der Waals surface area (Å²) in [4.78, 5) is 2.59. The highest BCUT2D eigenvalue weighted by Crippen LogP contribution is 2.21. The van der Waals surface area contributed by atoms with E-state index in [9.17, 15) is 0 Å². The molecule has 13 heavy (non-hydrogen) atoms. The first kappa shape index (κ1) is 11.0. The van der Waals surface area contributed by atoms with Crippen molar-refractivity contribution in [3.63, 3.8) is 0 Å². The van der Waals surface area contributed by atoms with Crippen molar-refractivity contribution in [2.24, 2.45) is 11.7 Å². The van der Waals surface area contributed by atoms with E-state index in [-0.39, 0.29) is 0 Å². The van der Waals surface area contributed by atoms with E-state index in [1.165, 1.54) is 38.8 Å². The molecule has 0 amide bonds. The Morgan fingerprint density at radius 3 is 2.08 bits per heavy atom. The SMILES string of the molecule is CCC(CC)C(CN)N1CCCC1. The van der Waals surface area contributed by atoms with Gasteiger partial charge in [0.05, 0.1) is 0 Å². The summed E-state index contributed by atoms with van der Waals surface area (Å²) in [5.41, 5.74) is 5.86. The van der Waals surface area contributed by atoms with Gasteiger partial charge in [-0.1, -0.05) is 26.7 Å². The fourth-order valence-electron chi connectivity index (χ4n) is 2.55. The third-order valence-electron chi connectivity index (χ3n) is 3.44. The molecule has 2 heteroatoms. The fourth-order valence-corrected chi connectivity index (χ4v) is 2.55. The van der Waals surface area contributed by atoms with E-state index >= 15 is 0 Å². The van der Waals surface area contributed by atoms with Crippen LogP contribution in [0.25, 0.3) is 0 Å². The van der Waals surface area contributed by atoms with Crippen LogP contribution in [0.3, 0.4) is 0 Å². The maximum atomic E-state index is 5.86. The molecule has 0 aromatic carbocycles. The van der Waals surface area contributed by atoms with Gasteiger partial charge in [0.15, 0.2) is 0 Å². The molecule has 1 aliphatic heterocycles. The summed E-state index contributed by atoms with van der Waals surface area (Å²) in [7, 11) is 0. The van der Waals surface area contributed by atoms with Crippen molar-refractivity contribution in [1.82, 2.24) is 4.90 Å². The van der Waals surface area contributed by atoms with Gasteiger partial charge in [0.2, 0.25) is 0 Å².